The van der Waals surface area contributed by atoms with Crippen molar-refractivity contribution in [1.29, 1.82) is 0 Å². The predicted octanol–water partition coefficient (Wildman–Crippen LogP) is 0.803. The number of hydrogen-bond donors (Lipinski definition) is 1. The molecule has 2 atom stereocenters. The molecule has 2 heterocycles. The van der Waals surface area contributed by atoms with Crippen LogP contribution in [0.4, 0.5) is 0 Å². The first kappa shape index (κ1) is 17.2. The predicted molar refractivity (Wildman–Crippen MR) is 82.3 cm³/mol. The third-order valence-corrected chi connectivity index (χ3v) is 4.15. The molecule has 0 saturated carbocycles. The van der Waals surface area contributed by atoms with Crippen molar-refractivity contribution in [3.63, 3.8) is 0 Å². The topological polar surface area (TPSA) is 67.9 Å². The smallest absolute Gasteiger partial charge is 0.254 e. The van der Waals surface area contributed by atoms with E-state index in [2.05, 4.69) is 5.32 Å². The Morgan fingerprint density at radius 1 is 1.27 bits per heavy atom. The Kier molecular flexibility index (Phi) is 5.81. The number of rotatable bonds is 3. The van der Waals surface area contributed by atoms with Gasteiger partial charge in [-0.05, 0) is 18.8 Å². The Balaban J connectivity index is 1.81. The highest BCUT2D eigenvalue weighted by Gasteiger charge is 2.31. The highest BCUT2D eigenvalue weighted by Crippen LogP contribution is 2.19. The van der Waals surface area contributed by atoms with E-state index in [0.717, 1.165) is 19.4 Å². The van der Waals surface area contributed by atoms with Crippen molar-refractivity contribution in [3.8, 4) is 0 Å². The van der Waals surface area contributed by atoms with E-state index >= 15 is 0 Å². The summed E-state index contributed by atoms with van der Waals surface area (Å²) in [6.07, 6.45) is 1.54. The van der Waals surface area contributed by atoms with Crippen LogP contribution in [0.3, 0.4) is 0 Å². The molecule has 0 aliphatic carbocycles. The fraction of sp³-hybridized carbons (Fsp3) is 0.875. The monoisotopic (exact) mass is 312 g/mol. The summed E-state index contributed by atoms with van der Waals surface area (Å²) in [5.74, 6) is 0.389. The Hall–Kier alpha value is -1.14. The van der Waals surface area contributed by atoms with Gasteiger partial charge in [-0.1, -0.05) is 20.8 Å². The van der Waals surface area contributed by atoms with Crippen molar-refractivity contribution < 1.29 is 19.1 Å². The summed E-state index contributed by atoms with van der Waals surface area (Å²) in [6, 6.07) is 0. The molecule has 0 spiro atoms. The first-order chi connectivity index (χ1) is 10.4. The van der Waals surface area contributed by atoms with Gasteiger partial charge in [0.05, 0.1) is 19.8 Å². The highest BCUT2D eigenvalue weighted by atomic mass is 16.6. The standard InChI is InChI=1S/C16H28N2O4/c1-16(2,3)15(20)17-9-12-5-4-6-18(10-12)14(19)13-11-21-7-8-22-13/h12-13H,4-11H2,1-3H3,(H,17,20)/t12-,13+/m0/s1. The third kappa shape index (κ3) is 4.68. The number of nitrogens with one attached hydrogen (secondary N) is 1. The van der Waals surface area contributed by atoms with E-state index in [1.807, 2.05) is 25.7 Å². The molecule has 6 nitrogen and oxygen atoms in total. The molecule has 2 aliphatic rings. The molecule has 2 fully saturated rings. The van der Waals surface area contributed by atoms with Crippen LogP contribution in [-0.4, -0.2) is 62.3 Å². The van der Waals surface area contributed by atoms with Gasteiger partial charge in [-0.25, -0.2) is 0 Å². The summed E-state index contributed by atoms with van der Waals surface area (Å²) < 4.78 is 10.8. The minimum Gasteiger partial charge on any atom is -0.376 e. The zero-order chi connectivity index (χ0) is 16.2. The maximum atomic E-state index is 12.4. The van der Waals surface area contributed by atoms with E-state index < -0.39 is 6.10 Å². The fourth-order valence-electron chi connectivity index (χ4n) is 2.77. The van der Waals surface area contributed by atoms with Gasteiger partial charge in [0.2, 0.25) is 5.91 Å². The van der Waals surface area contributed by atoms with Gasteiger partial charge < -0.3 is 19.7 Å². The van der Waals surface area contributed by atoms with Crippen molar-refractivity contribution in [1.82, 2.24) is 10.2 Å². The average molecular weight is 312 g/mol. The summed E-state index contributed by atoms with van der Waals surface area (Å²) in [4.78, 5) is 26.2. The van der Waals surface area contributed by atoms with Crippen LogP contribution in [0.25, 0.3) is 0 Å². The molecule has 2 saturated heterocycles. The zero-order valence-electron chi connectivity index (χ0n) is 13.9. The lowest BCUT2D eigenvalue weighted by molar-refractivity contribution is -0.159. The zero-order valence-corrected chi connectivity index (χ0v) is 13.9. The van der Waals surface area contributed by atoms with Crippen molar-refractivity contribution in [3.05, 3.63) is 0 Å². The van der Waals surface area contributed by atoms with E-state index in [1.165, 1.54) is 0 Å². The van der Waals surface area contributed by atoms with Gasteiger partial charge in [0.15, 0.2) is 6.10 Å². The van der Waals surface area contributed by atoms with Gasteiger partial charge in [0.25, 0.3) is 5.91 Å². The van der Waals surface area contributed by atoms with E-state index in [4.69, 9.17) is 9.47 Å². The number of likely N-dealkylation sites (tertiary alicyclic amines) is 1. The number of amides is 2. The molecule has 0 bridgehead atoms. The molecule has 2 aliphatic heterocycles. The summed E-state index contributed by atoms with van der Waals surface area (Å²) in [5.41, 5.74) is -0.378. The van der Waals surface area contributed by atoms with Gasteiger partial charge >= 0.3 is 0 Å². The molecule has 2 rings (SSSR count). The van der Waals surface area contributed by atoms with Crippen LogP contribution in [0, 0.1) is 11.3 Å². The highest BCUT2D eigenvalue weighted by molar-refractivity contribution is 5.82. The minimum atomic E-state index is -0.461. The molecule has 1 N–H and O–H groups in total. The minimum absolute atomic E-state index is 0.0200. The summed E-state index contributed by atoms with van der Waals surface area (Å²) in [6.45, 7) is 9.17. The van der Waals surface area contributed by atoms with Gasteiger partial charge in [-0.3, -0.25) is 9.59 Å². The molecule has 0 unspecified atom stereocenters. The molecular formula is C16H28N2O4. The van der Waals surface area contributed by atoms with Crippen molar-refractivity contribution in [2.75, 3.05) is 39.5 Å². The van der Waals surface area contributed by atoms with Gasteiger partial charge in [0.1, 0.15) is 0 Å². The van der Waals surface area contributed by atoms with Crippen LogP contribution < -0.4 is 5.32 Å². The molecule has 6 heteroatoms. The quantitative estimate of drug-likeness (QED) is 0.837. The molecule has 0 radical (unpaired) electrons. The number of carbonyl (C=O) groups excluding carboxylic acids is 2. The fourth-order valence-corrected chi connectivity index (χ4v) is 2.77. The van der Waals surface area contributed by atoms with E-state index in [9.17, 15) is 9.59 Å². The molecule has 22 heavy (non-hydrogen) atoms. The number of nitrogens with zero attached hydrogens (tertiary/aromatic N) is 1. The van der Waals surface area contributed by atoms with Crippen LogP contribution in [0.5, 0.6) is 0 Å². The first-order valence-corrected chi connectivity index (χ1v) is 8.14. The van der Waals surface area contributed by atoms with Crippen LogP contribution in [0.2, 0.25) is 0 Å². The maximum absolute atomic E-state index is 12.4. The van der Waals surface area contributed by atoms with Crippen LogP contribution in [0.15, 0.2) is 0 Å². The number of ether oxygens (including phenoxy) is 2. The molecule has 0 aromatic rings. The molecule has 0 aromatic carbocycles. The summed E-state index contributed by atoms with van der Waals surface area (Å²) in [7, 11) is 0. The van der Waals surface area contributed by atoms with Crippen molar-refractivity contribution in [2.24, 2.45) is 11.3 Å². The molecule has 2 amide bonds. The van der Waals surface area contributed by atoms with Gasteiger partial charge in [0, 0.05) is 25.0 Å². The molecule has 0 aromatic heterocycles. The van der Waals surface area contributed by atoms with Crippen molar-refractivity contribution >= 4 is 11.8 Å². The van der Waals surface area contributed by atoms with Crippen LogP contribution in [0.1, 0.15) is 33.6 Å². The second-order valence-corrected chi connectivity index (χ2v) is 7.19. The van der Waals surface area contributed by atoms with E-state index in [1.54, 1.807) is 0 Å². The van der Waals surface area contributed by atoms with Gasteiger partial charge in [-0.15, -0.1) is 0 Å². The second-order valence-electron chi connectivity index (χ2n) is 7.19. The Bertz CT molecular complexity index is 399. The Labute approximate surface area is 132 Å². The largest absolute Gasteiger partial charge is 0.376 e. The lowest BCUT2D eigenvalue weighted by Crippen LogP contribution is -2.50. The Morgan fingerprint density at radius 2 is 2.05 bits per heavy atom. The maximum Gasteiger partial charge on any atom is 0.254 e. The third-order valence-electron chi connectivity index (χ3n) is 4.15. The normalized spacial score (nSPS) is 26.6. The number of hydrogen-bond acceptors (Lipinski definition) is 4. The Morgan fingerprint density at radius 3 is 2.68 bits per heavy atom. The average Bonchev–Trinajstić information content (AvgIpc) is 2.52. The molecular weight excluding hydrogens is 284 g/mol. The van der Waals surface area contributed by atoms with Crippen LogP contribution >= 0.6 is 0 Å². The second kappa shape index (κ2) is 7.42. The number of carbonyl (C=O) groups is 2. The SMILES string of the molecule is CC(C)(C)C(=O)NC[C@@H]1CCCN(C(=O)[C@H]2COCCO2)C1. The first-order valence-electron chi connectivity index (χ1n) is 8.14. The molecule has 126 valence electrons. The summed E-state index contributed by atoms with van der Waals surface area (Å²) >= 11 is 0. The lowest BCUT2D eigenvalue weighted by Gasteiger charge is -2.36. The van der Waals surface area contributed by atoms with Gasteiger partial charge in [-0.2, -0.15) is 0 Å². The lowest BCUT2D eigenvalue weighted by atomic mass is 9.94. The van der Waals surface area contributed by atoms with Crippen molar-refractivity contribution in [2.45, 2.75) is 39.7 Å². The van der Waals surface area contributed by atoms with E-state index in [-0.39, 0.29) is 17.2 Å². The summed E-state index contributed by atoms with van der Waals surface area (Å²) in [5, 5.41) is 3.00. The van der Waals surface area contributed by atoms with Crippen LogP contribution in [-0.2, 0) is 19.1 Å². The van der Waals surface area contributed by atoms with E-state index in [0.29, 0.717) is 38.8 Å². The number of piperidine rings is 1.